The Morgan fingerprint density at radius 3 is 2.49 bits per heavy atom. The van der Waals surface area contributed by atoms with E-state index < -0.39 is 10.0 Å². The van der Waals surface area contributed by atoms with Gasteiger partial charge in [-0.2, -0.15) is 9.29 Å². The van der Waals surface area contributed by atoms with Gasteiger partial charge in [0.05, 0.1) is 30.7 Å². The second kappa shape index (κ2) is 12.7. The number of nitrogens with one attached hydrogen (secondary N) is 3. The monoisotopic (exact) mass is 580 g/mol. The van der Waals surface area contributed by atoms with E-state index in [1.807, 2.05) is 20.8 Å². The molecule has 0 unspecified atom stereocenters. The minimum atomic E-state index is -3.71. The molecule has 10 nitrogen and oxygen atoms in total. The summed E-state index contributed by atoms with van der Waals surface area (Å²) < 4.78 is 39.9. The highest BCUT2D eigenvalue weighted by Gasteiger charge is 2.29. The fourth-order valence-corrected chi connectivity index (χ4v) is 6.87. The number of morpholine rings is 1. The molecule has 3 N–H and O–H groups in total. The van der Waals surface area contributed by atoms with Crippen molar-refractivity contribution < 1.29 is 17.9 Å². The first-order chi connectivity index (χ1) is 19.7. The number of rotatable bonds is 9. The molecule has 0 bridgehead atoms. The number of sulfonamides is 1. The van der Waals surface area contributed by atoms with Crippen LogP contribution in [0.4, 0.5) is 23.1 Å². The number of hydrogen-bond acceptors (Lipinski definition) is 9. The Balaban J connectivity index is 1.45. The molecule has 1 aromatic heterocycles. The van der Waals surface area contributed by atoms with Gasteiger partial charge in [0.25, 0.3) is 0 Å². The normalized spacial score (nSPS) is 17.0. The molecule has 3 aromatic rings. The number of piperidine rings is 1. The van der Waals surface area contributed by atoms with E-state index in [2.05, 4.69) is 40.0 Å². The number of aromatic nitrogens is 2. The first kappa shape index (κ1) is 29.2. The molecule has 2 aliphatic rings. The number of nitrogens with zero attached hydrogens (tertiary/aromatic N) is 3. The first-order valence-electron chi connectivity index (χ1n) is 14.3. The number of anilines is 4. The van der Waals surface area contributed by atoms with Crippen LogP contribution < -0.4 is 20.7 Å². The zero-order valence-electron chi connectivity index (χ0n) is 24.2. The van der Waals surface area contributed by atoms with Gasteiger partial charge >= 0.3 is 0 Å². The molecule has 2 aromatic carbocycles. The van der Waals surface area contributed by atoms with Crippen molar-refractivity contribution in [3.8, 4) is 5.75 Å². The highest BCUT2D eigenvalue weighted by atomic mass is 32.2. The predicted molar refractivity (Wildman–Crippen MR) is 161 cm³/mol. The second-order valence-electron chi connectivity index (χ2n) is 10.9. The summed E-state index contributed by atoms with van der Waals surface area (Å²) in [5.74, 6) is 2.13. The molecule has 220 valence electrons. The molecule has 0 radical (unpaired) electrons. The molecule has 2 aliphatic heterocycles. The third kappa shape index (κ3) is 6.81. The summed E-state index contributed by atoms with van der Waals surface area (Å²) in [5, 5.41) is 10.1. The summed E-state index contributed by atoms with van der Waals surface area (Å²) in [7, 11) is -3.71. The van der Waals surface area contributed by atoms with E-state index in [9.17, 15) is 8.42 Å². The smallest absolute Gasteiger partial charge is 0.245 e. The molecule has 11 heteroatoms. The maximum absolute atomic E-state index is 13.5. The van der Waals surface area contributed by atoms with E-state index in [0.29, 0.717) is 49.7 Å². The minimum Gasteiger partial charge on any atom is -0.489 e. The van der Waals surface area contributed by atoms with Crippen molar-refractivity contribution in [2.45, 2.75) is 57.5 Å². The van der Waals surface area contributed by atoms with Gasteiger partial charge in [-0.1, -0.05) is 12.1 Å². The lowest BCUT2D eigenvalue weighted by Gasteiger charge is -2.27. The van der Waals surface area contributed by atoms with Gasteiger partial charge in [0.15, 0.2) is 0 Å². The lowest BCUT2D eigenvalue weighted by molar-refractivity contribution is 0.0730. The van der Waals surface area contributed by atoms with Crippen LogP contribution in [0.3, 0.4) is 0 Å². The topological polar surface area (TPSA) is 118 Å². The summed E-state index contributed by atoms with van der Waals surface area (Å²) in [5.41, 5.74) is 4.57. The van der Waals surface area contributed by atoms with E-state index in [1.54, 1.807) is 30.5 Å². The maximum Gasteiger partial charge on any atom is 0.245 e. The summed E-state index contributed by atoms with van der Waals surface area (Å²) in [6.45, 7) is 11.5. The minimum absolute atomic E-state index is 0.000705. The van der Waals surface area contributed by atoms with Crippen LogP contribution in [-0.4, -0.2) is 68.2 Å². The van der Waals surface area contributed by atoms with Crippen molar-refractivity contribution in [3.63, 3.8) is 0 Å². The van der Waals surface area contributed by atoms with Gasteiger partial charge in [-0.25, -0.2) is 13.4 Å². The highest BCUT2D eigenvalue weighted by molar-refractivity contribution is 7.89. The molecule has 5 rings (SSSR count). The van der Waals surface area contributed by atoms with E-state index in [1.165, 1.54) is 15.4 Å². The van der Waals surface area contributed by atoms with Crippen molar-refractivity contribution in [2.24, 2.45) is 0 Å². The molecule has 41 heavy (non-hydrogen) atoms. The van der Waals surface area contributed by atoms with Crippen LogP contribution in [0.2, 0.25) is 0 Å². The van der Waals surface area contributed by atoms with Gasteiger partial charge in [-0.15, -0.1) is 0 Å². The van der Waals surface area contributed by atoms with Gasteiger partial charge in [-0.3, -0.25) is 0 Å². The van der Waals surface area contributed by atoms with Crippen LogP contribution >= 0.6 is 0 Å². The van der Waals surface area contributed by atoms with Gasteiger partial charge < -0.3 is 25.4 Å². The zero-order chi connectivity index (χ0) is 29.0. The number of hydrogen-bond donors (Lipinski definition) is 3. The molecular weight excluding hydrogens is 540 g/mol. The first-order valence-corrected chi connectivity index (χ1v) is 15.7. The number of ether oxygens (including phenoxy) is 2. The van der Waals surface area contributed by atoms with Crippen molar-refractivity contribution >= 4 is 33.2 Å². The van der Waals surface area contributed by atoms with E-state index in [4.69, 9.17) is 14.5 Å². The maximum atomic E-state index is 13.5. The zero-order valence-corrected chi connectivity index (χ0v) is 25.1. The molecule has 0 atom stereocenters. The lowest BCUT2D eigenvalue weighted by Crippen LogP contribution is -2.40. The van der Waals surface area contributed by atoms with E-state index >= 15 is 0 Å². The molecule has 0 aliphatic carbocycles. The molecule has 0 amide bonds. The standard InChI is InChI=1S/C30H40N6O4S/c1-20(2)40-27-17-21(3)24(23-9-11-31-12-10-23)18-26(27)34-30-32-19-22(4)29(35-30)33-25-7-5-6-8-28(25)41(37,38)36-13-15-39-16-14-36/h5-8,17-20,23,31H,9-16H2,1-4H3,(H2,32,33,34,35). The molecule has 0 saturated carbocycles. The Morgan fingerprint density at radius 1 is 1.02 bits per heavy atom. The van der Waals surface area contributed by atoms with E-state index in [-0.39, 0.29) is 11.0 Å². The third-order valence-electron chi connectivity index (χ3n) is 7.46. The fourth-order valence-electron chi connectivity index (χ4n) is 5.32. The Kier molecular flexibility index (Phi) is 9.08. The van der Waals surface area contributed by atoms with Crippen molar-refractivity contribution in [1.82, 2.24) is 19.6 Å². The fraction of sp³-hybridized carbons (Fsp3) is 0.467. The molecule has 2 fully saturated rings. The number of benzene rings is 2. The van der Waals surface area contributed by atoms with Crippen molar-refractivity contribution in [1.29, 1.82) is 0 Å². The molecule has 3 heterocycles. The Bertz CT molecular complexity index is 1470. The van der Waals surface area contributed by atoms with Gasteiger partial charge in [0.2, 0.25) is 16.0 Å². The van der Waals surface area contributed by atoms with Gasteiger partial charge in [-0.05, 0) is 94.9 Å². The van der Waals surface area contributed by atoms with Crippen molar-refractivity contribution in [3.05, 3.63) is 59.3 Å². The Labute approximate surface area is 242 Å². The quantitative estimate of drug-likeness (QED) is 0.326. The Morgan fingerprint density at radius 2 is 1.76 bits per heavy atom. The van der Waals surface area contributed by atoms with Crippen LogP contribution in [0.15, 0.2) is 47.5 Å². The van der Waals surface area contributed by atoms with Crippen LogP contribution in [0.25, 0.3) is 0 Å². The molecule has 0 spiro atoms. The SMILES string of the molecule is Cc1cc(OC(C)C)c(Nc2ncc(C)c(Nc3ccccc3S(=O)(=O)N3CCOCC3)n2)cc1C1CCNCC1. The van der Waals surface area contributed by atoms with E-state index in [0.717, 1.165) is 42.9 Å². The lowest BCUT2D eigenvalue weighted by atomic mass is 9.87. The second-order valence-corrected chi connectivity index (χ2v) is 12.8. The Hall–Kier alpha value is -3.25. The summed E-state index contributed by atoms with van der Waals surface area (Å²) in [6, 6.07) is 11.2. The van der Waals surface area contributed by atoms with Crippen LogP contribution in [0, 0.1) is 13.8 Å². The average Bonchev–Trinajstić information content (AvgIpc) is 2.97. The largest absolute Gasteiger partial charge is 0.489 e. The highest BCUT2D eigenvalue weighted by Crippen LogP contribution is 2.37. The van der Waals surface area contributed by atoms with Crippen molar-refractivity contribution in [2.75, 3.05) is 50.0 Å². The number of para-hydroxylation sites is 1. The summed E-state index contributed by atoms with van der Waals surface area (Å²) in [4.78, 5) is 9.49. The van der Waals surface area contributed by atoms with Crippen LogP contribution in [-0.2, 0) is 14.8 Å². The van der Waals surface area contributed by atoms with Gasteiger partial charge in [0, 0.05) is 24.8 Å². The van der Waals surface area contributed by atoms with Crippen LogP contribution in [0.5, 0.6) is 5.75 Å². The molecular formula is C30H40N6O4S. The third-order valence-corrected chi connectivity index (χ3v) is 9.41. The predicted octanol–water partition coefficient (Wildman–Crippen LogP) is 4.86. The molecule has 2 saturated heterocycles. The summed E-state index contributed by atoms with van der Waals surface area (Å²) >= 11 is 0. The van der Waals surface area contributed by atoms with Crippen LogP contribution in [0.1, 0.15) is 49.3 Å². The van der Waals surface area contributed by atoms with Gasteiger partial charge in [0.1, 0.15) is 16.5 Å². The number of aryl methyl sites for hydroxylation is 2. The summed E-state index contributed by atoms with van der Waals surface area (Å²) in [6.07, 6.45) is 3.90. The average molecular weight is 581 g/mol.